The van der Waals surface area contributed by atoms with Crippen molar-refractivity contribution >= 4 is 41.6 Å². The van der Waals surface area contributed by atoms with Gasteiger partial charge in [0.25, 0.3) is 5.91 Å². The molecule has 0 aliphatic carbocycles. The number of halogens is 2. The lowest BCUT2D eigenvalue weighted by molar-refractivity contribution is 0.0743. The van der Waals surface area contributed by atoms with Gasteiger partial charge in [-0.1, -0.05) is 6.07 Å². The molecule has 1 fully saturated rings. The van der Waals surface area contributed by atoms with Crippen molar-refractivity contribution < 1.29 is 4.79 Å². The van der Waals surface area contributed by atoms with Crippen molar-refractivity contribution in [3.63, 3.8) is 0 Å². The highest BCUT2D eigenvalue weighted by atomic mass is 35.5. The normalized spacial score (nSPS) is 20.4. The minimum absolute atomic E-state index is 0. The molecule has 2 unspecified atom stereocenters. The first kappa shape index (κ1) is 18.7. The van der Waals surface area contributed by atoms with Gasteiger partial charge in [0.05, 0.1) is 5.52 Å². The lowest BCUT2D eigenvalue weighted by Crippen LogP contribution is -2.34. The number of aromatic nitrogens is 1. The average Bonchev–Trinajstić information content (AvgIpc) is 2.87. The molecule has 1 aliphatic heterocycles. The molecule has 2 aromatic rings. The summed E-state index contributed by atoms with van der Waals surface area (Å²) >= 11 is 0. The zero-order valence-corrected chi connectivity index (χ0v) is 14.1. The zero-order chi connectivity index (χ0) is 14.1. The van der Waals surface area contributed by atoms with E-state index in [1.54, 1.807) is 6.20 Å². The number of nitrogens with two attached hydrogens (primary N) is 1. The Bertz CT molecular complexity index is 650. The van der Waals surface area contributed by atoms with Crippen LogP contribution in [0, 0.1) is 5.92 Å². The van der Waals surface area contributed by atoms with E-state index >= 15 is 0 Å². The second-order valence-corrected chi connectivity index (χ2v) is 5.55. The van der Waals surface area contributed by atoms with E-state index in [0.717, 1.165) is 29.4 Å². The van der Waals surface area contributed by atoms with Gasteiger partial charge in [0, 0.05) is 29.7 Å². The van der Waals surface area contributed by atoms with Crippen molar-refractivity contribution in [3.8, 4) is 0 Å². The van der Waals surface area contributed by atoms with Crippen LogP contribution >= 0.6 is 24.8 Å². The summed E-state index contributed by atoms with van der Waals surface area (Å²) in [6, 6.07) is 9.83. The Morgan fingerprint density at radius 2 is 2.14 bits per heavy atom. The summed E-state index contributed by atoms with van der Waals surface area (Å²) in [5.41, 5.74) is 7.37. The first-order valence-electron chi connectivity index (χ1n) is 7.05. The van der Waals surface area contributed by atoms with Gasteiger partial charge in [-0.2, -0.15) is 0 Å². The van der Waals surface area contributed by atoms with Crippen LogP contribution in [-0.4, -0.2) is 34.9 Å². The molecular formula is C16H21Cl2N3O. The molecule has 4 nitrogen and oxygen atoms in total. The Hall–Kier alpha value is -1.36. The van der Waals surface area contributed by atoms with E-state index in [-0.39, 0.29) is 36.8 Å². The number of rotatable bonds is 2. The fourth-order valence-corrected chi connectivity index (χ4v) is 2.97. The third-order valence-electron chi connectivity index (χ3n) is 4.11. The summed E-state index contributed by atoms with van der Waals surface area (Å²) in [7, 11) is 0. The first-order chi connectivity index (χ1) is 9.69. The number of benzene rings is 1. The molecule has 1 aromatic heterocycles. The van der Waals surface area contributed by atoms with Gasteiger partial charge in [-0.25, -0.2) is 0 Å². The first-order valence-corrected chi connectivity index (χ1v) is 7.05. The van der Waals surface area contributed by atoms with E-state index in [1.807, 2.05) is 35.2 Å². The van der Waals surface area contributed by atoms with Crippen molar-refractivity contribution in [3.05, 3.63) is 42.1 Å². The highest BCUT2D eigenvalue weighted by Crippen LogP contribution is 2.25. The summed E-state index contributed by atoms with van der Waals surface area (Å²) in [6.07, 6.45) is 2.76. The highest BCUT2D eigenvalue weighted by Gasteiger charge is 2.32. The molecular weight excluding hydrogens is 321 g/mol. The lowest BCUT2D eigenvalue weighted by atomic mass is 10.1. The van der Waals surface area contributed by atoms with Gasteiger partial charge >= 0.3 is 0 Å². The van der Waals surface area contributed by atoms with Crippen LogP contribution < -0.4 is 5.73 Å². The van der Waals surface area contributed by atoms with E-state index < -0.39 is 0 Å². The number of likely N-dealkylation sites (tertiary alicyclic amines) is 1. The maximum Gasteiger partial charge on any atom is 0.254 e. The highest BCUT2D eigenvalue weighted by molar-refractivity contribution is 5.98. The molecule has 0 spiro atoms. The fourth-order valence-electron chi connectivity index (χ4n) is 2.97. The van der Waals surface area contributed by atoms with Crippen LogP contribution in [0.1, 0.15) is 23.7 Å². The van der Waals surface area contributed by atoms with Crippen molar-refractivity contribution in [2.75, 3.05) is 13.1 Å². The fraction of sp³-hybridized carbons (Fsp3) is 0.375. The van der Waals surface area contributed by atoms with E-state index in [9.17, 15) is 4.79 Å². The van der Waals surface area contributed by atoms with Gasteiger partial charge in [0.15, 0.2) is 0 Å². The Labute approximate surface area is 142 Å². The molecule has 2 heterocycles. The number of carbonyl (C=O) groups is 1. The molecule has 120 valence electrons. The Morgan fingerprint density at radius 1 is 1.36 bits per heavy atom. The molecule has 0 radical (unpaired) electrons. The largest absolute Gasteiger partial charge is 0.336 e. The summed E-state index contributed by atoms with van der Waals surface area (Å²) < 4.78 is 0. The SMILES string of the molecule is CC1CC(CN)CN1C(=O)c1ccc2ncccc2c1.Cl.Cl. The van der Waals surface area contributed by atoms with E-state index in [1.165, 1.54) is 0 Å². The van der Waals surface area contributed by atoms with Crippen LogP contribution in [0.4, 0.5) is 0 Å². The van der Waals surface area contributed by atoms with Crippen LogP contribution in [-0.2, 0) is 0 Å². The summed E-state index contributed by atoms with van der Waals surface area (Å²) in [5.74, 6) is 0.523. The smallest absolute Gasteiger partial charge is 0.254 e. The standard InChI is InChI=1S/C16H19N3O.2ClH/c1-11-7-12(9-17)10-19(11)16(20)14-4-5-15-13(8-14)3-2-6-18-15;;/h2-6,8,11-12H,7,9-10,17H2,1H3;2*1H. The van der Waals surface area contributed by atoms with Crippen molar-refractivity contribution in [1.82, 2.24) is 9.88 Å². The van der Waals surface area contributed by atoms with Gasteiger partial charge in [-0.15, -0.1) is 24.8 Å². The Morgan fingerprint density at radius 3 is 2.82 bits per heavy atom. The van der Waals surface area contributed by atoms with Crippen molar-refractivity contribution in [2.24, 2.45) is 11.7 Å². The lowest BCUT2D eigenvalue weighted by Gasteiger charge is -2.21. The quantitative estimate of drug-likeness (QED) is 0.913. The maximum absolute atomic E-state index is 12.6. The Kier molecular flexibility index (Phi) is 6.60. The van der Waals surface area contributed by atoms with Crippen molar-refractivity contribution in [2.45, 2.75) is 19.4 Å². The third-order valence-corrected chi connectivity index (χ3v) is 4.11. The predicted molar refractivity (Wildman–Crippen MR) is 93.9 cm³/mol. The minimum atomic E-state index is 0. The second-order valence-electron chi connectivity index (χ2n) is 5.55. The molecule has 22 heavy (non-hydrogen) atoms. The topological polar surface area (TPSA) is 59.2 Å². The van der Waals surface area contributed by atoms with Crippen LogP contribution in [0.3, 0.4) is 0 Å². The summed E-state index contributed by atoms with van der Waals surface area (Å²) in [4.78, 5) is 18.8. The number of fused-ring (bicyclic) bond motifs is 1. The van der Waals surface area contributed by atoms with Crippen LogP contribution in [0.15, 0.2) is 36.5 Å². The van der Waals surface area contributed by atoms with E-state index in [2.05, 4.69) is 11.9 Å². The number of nitrogens with zero attached hydrogens (tertiary/aromatic N) is 2. The number of pyridine rings is 1. The minimum Gasteiger partial charge on any atom is -0.336 e. The monoisotopic (exact) mass is 341 g/mol. The van der Waals surface area contributed by atoms with Crippen LogP contribution in [0.5, 0.6) is 0 Å². The van der Waals surface area contributed by atoms with Crippen LogP contribution in [0.25, 0.3) is 10.9 Å². The Balaban J connectivity index is 0.00000121. The number of hydrogen-bond acceptors (Lipinski definition) is 3. The number of hydrogen-bond donors (Lipinski definition) is 1. The molecule has 1 aliphatic rings. The molecule has 2 atom stereocenters. The number of amides is 1. The molecule has 1 saturated heterocycles. The molecule has 2 N–H and O–H groups in total. The predicted octanol–water partition coefficient (Wildman–Crippen LogP) is 2.89. The maximum atomic E-state index is 12.6. The molecule has 0 saturated carbocycles. The molecule has 0 bridgehead atoms. The van der Waals surface area contributed by atoms with Crippen molar-refractivity contribution in [1.29, 1.82) is 0 Å². The van der Waals surface area contributed by atoms with Gasteiger partial charge in [-0.3, -0.25) is 9.78 Å². The summed E-state index contributed by atoms with van der Waals surface area (Å²) in [6.45, 7) is 3.51. The van der Waals surface area contributed by atoms with Gasteiger partial charge in [0.1, 0.15) is 0 Å². The van der Waals surface area contributed by atoms with Gasteiger partial charge < -0.3 is 10.6 Å². The molecule has 1 amide bonds. The zero-order valence-electron chi connectivity index (χ0n) is 12.4. The second kappa shape index (κ2) is 7.77. The van der Waals surface area contributed by atoms with Gasteiger partial charge in [-0.05, 0) is 50.1 Å². The molecule has 3 rings (SSSR count). The average molecular weight is 342 g/mol. The van der Waals surface area contributed by atoms with E-state index in [0.29, 0.717) is 12.5 Å². The molecule has 6 heteroatoms. The van der Waals surface area contributed by atoms with Gasteiger partial charge in [0.2, 0.25) is 0 Å². The molecule has 1 aromatic carbocycles. The number of carbonyl (C=O) groups excluding carboxylic acids is 1. The summed E-state index contributed by atoms with van der Waals surface area (Å²) in [5, 5.41) is 1.00. The van der Waals surface area contributed by atoms with E-state index in [4.69, 9.17) is 5.73 Å². The third kappa shape index (κ3) is 3.51. The van der Waals surface area contributed by atoms with Crippen LogP contribution in [0.2, 0.25) is 0 Å².